The Hall–Kier alpha value is -0.0400. The van der Waals surface area contributed by atoms with Crippen molar-refractivity contribution in [1.82, 2.24) is 0 Å². The van der Waals surface area contributed by atoms with Gasteiger partial charge in [-0.15, -0.1) is 0 Å². The topological polar surface area (TPSA) is 26.0 Å². The van der Waals surface area contributed by atoms with E-state index in [1.807, 2.05) is 0 Å². The van der Waals surface area contributed by atoms with Crippen LogP contribution >= 0.6 is 0 Å². The van der Waals surface area contributed by atoms with E-state index in [4.69, 9.17) is 5.73 Å². The molecule has 0 saturated heterocycles. The fourth-order valence-electron chi connectivity index (χ4n) is 0.611. The second-order valence-corrected chi connectivity index (χ2v) is 2.16. The summed E-state index contributed by atoms with van der Waals surface area (Å²) >= 11 is 0. The van der Waals surface area contributed by atoms with Crippen molar-refractivity contribution in [1.29, 1.82) is 0 Å². The molecule has 0 saturated carbocycles. The van der Waals surface area contributed by atoms with Crippen molar-refractivity contribution >= 4 is 0 Å². The molecule has 1 unspecified atom stereocenters. The first-order valence-electron chi connectivity index (χ1n) is 3.36. The normalized spacial score (nSPS) is 13.9. The molecule has 0 spiro atoms. The van der Waals surface area contributed by atoms with Gasteiger partial charge in [0.2, 0.25) is 0 Å². The molecule has 0 aromatic heterocycles. The standard InChI is InChI=1S/C7H16N/c1-3-5-6-7(8)4-2/h7H,1,3-6,8H2,2H3. The van der Waals surface area contributed by atoms with Crippen LogP contribution in [0.3, 0.4) is 0 Å². The third-order valence-corrected chi connectivity index (χ3v) is 1.35. The number of rotatable bonds is 4. The largest absolute Gasteiger partial charge is 0.328 e. The van der Waals surface area contributed by atoms with Crippen molar-refractivity contribution in [3.8, 4) is 0 Å². The van der Waals surface area contributed by atoms with Crippen LogP contribution in [-0.4, -0.2) is 6.04 Å². The highest BCUT2D eigenvalue weighted by molar-refractivity contribution is 4.57. The molecule has 0 aromatic rings. The molecular formula is C7H16N. The summed E-state index contributed by atoms with van der Waals surface area (Å²) in [6.45, 7) is 5.86. The van der Waals surface area contributed by atoms with E-state index in [1.54, 1.807) is 0 Å². The number of hydrogen-bond acceptors (Lipinski definition) is 1. The molecule has 0 heterocycles. The van der Waals surface area contributed by atoms with Gasteiger partial charge in [0.05, 0.1) is 0 Å². The molecule has 1 atom stereocenters. The van der Waals surface area contributed by atoms with Crippen LogP contribution in [0.5, 0.6) is 0 Å². The van der Waals surface area contributed by atoms with Gasteiger partial charge in [-0.25, -0.2) is 0 Å². The Bertz CT molecular complexity index is 43.7. The number of nitrogens with two attached hydrogens (primary N) is 1. The van der Waals surface area contributed by atoms with E-state index in [0.717, 1.165) is 19.3 Å². The van der Waals surface area contributed by atoms with E-state index < -0.39 is 0 Å². The predicted molar refractivity (Wildman–Crippen MR) is 37.5 cm³/mol. The Morgan fingerprint density at radius 3 is 2.62 bits per heavy atom. The molecule has 49 valence electrons. The van der Waals surface area contributed by atoms with Crippen LogP contribution in [0.2, 0.25) is 0 Å². The molecule has 0 aromatic carbocycles. The lowest BCUT2D eigenvalue weighted by molar-refractivity contribution is 0.571. The second kappa shape index (κ2) is 5.10. The van der Waals surface area contributed by atoms with Crippen molar-refractivity contribution in [2.75, 3.05) is 0 Å². The second-order valence-electron chi connectivity index (χ2n) is 2.16. The maximum atomic E-state index is 5.63. The number of unbranched alkanes of at least 4 members (excludes halogenated alkanes) is 1. The lowest BCUT2D eigenvalue weighted by Gasteiger charge is -2.04. The van der Waals surface area contributed by atoms with Gasteiger partial charge in [-0.2, -0.15) is 0 Å². The summed E-state index contributed by atoms with van der Waals surface area (Å²) in [4.78, 5) is 0. The summed E-state index contributed by atoms with van der Waals surface area (Å²) in [5.41, 5.74) is 5.63. The summed E-state index contributed by atoms with van der Waals surface area (Å²) < 4.78 is 0. The molecule has 0 bridgehead atoms. The minimum absolute atomic E-state index is 0.414. The van der Waals surface area contributed by atoms with Gasteiger partial charge in [0.15, 0.2) is 0 Å². The zero-order valence-electron chi connectivity index (χ0n) is 5.69. The molecule has 8 heavy (non-hydrogen) atoms. The molecule has 0 aliphatic carbocycles. The van der Waals surface area contributed by atoms with Crippen LogP contribution in [0, 0.1) is 6.92 Å². The molecule has 1 heteroatoms. The Balaban J connectivity index is 2.86. The van der Waals surface area contributed by atoms with Crippen LogP contribution in [0.15, 0.2) is 0 Å². The average molecular weight is 114 g/mol. The van der Waals surface area contributed by atoms with E-state index in [-0.39, 0.29) is 0 Å². The molecule has 0 amide bonds. The van der Waals surface area contributed by atoms with E-state index in [0.29, 0.717) is 6.04 Å². The van der Waals surface area contributed by atoms with Crippen molar-refractivity contribution < 1.29 is 0 Å². The lowest BCUT2D eigenvalue weighted by atomic mass is 10.1. The monoisotopic (exact) mass is 114 g/mol. The van der Waals surface area contributed by atoms with Crippen LogP contribution in [0.4, 0.5) is 0 Å². The first-order chi connectivity index (χ1) is 3.81. The Morgan fingerprint density at radius 2 is 2.25 bits per heavy atom. The van der Waals surface area contributed by atoms with Gasteiger partial charge in [-0.3, -0.25) is 0 Å². The fraction of sp³-hybridized carbons (Fsp3) is 0.857. The van der Waals surface area contributed by atoms with Gasteiger partial charge in [-0.1, -0.05) is 26.7 Å². The summed E-state index contributed by atoms with van der Waals surface area (Å²) in [6.07, 6.45) is 4.43. The van der Waals surface area contributed by atoms with Gasteiger partial charge in [0, 0.05) is 6.04 Å². The molecular weight excluding hydrogens is 98.1 g/mol. The molecule has 0 rings (SSSR count). The van der Waals surface area contributed by atoms with Crippen molar-refractivity contribution in [2.45, 2.75) is 38.6 Å². The number of hydrogen-bond donors (Lipinski definition) is 1. The van der Waals surface area contributed by atoms with Crippen molar-refractivity contribution in [3.05, 3.63) is 6.92 Å². The highest BCUT2D eigenvalue weighted by atomic mass is 14.6. The third kappa shape index (κ3) is 4.13. The van der Waals surface area contributed by atoms with E-state index in [9.17, 15) is 0 Å². The quantitative estimate of drug-likeness (QED) is 0.591. The zero-order chi connectivity index (χ0) is 6.41. The zero-order valence-corrected chi connectivity index (χ0v) is 5.69. The van der Waals surface area contributed by atoms with Crippen molar-refractivity contribution in [3.63, 3.8) is 0 Å². The Kier molecular flexibility index (Phi) is 5.08. The molecule has 0 fully saturated rings. The highest BCUT2D eigenvalue weighted by Crippen LogP contribution is 1.99. The van der Waals surface area contributed by atoms with Gasteiger partial charge in [-0.05, 0) is 12.8 Å². The molecule has 0 aliphatic heterocycles. The Morgan fingerprint density at radius 1 is 1.62 bits per heavy atom. The summed E-state index contributed by atoms with van der Waals surface area (Å²) in [7, 11) is 0. The van der Waals surface area contributed by atoms with Gasteiger partial charge >= 0.3 is 0 Å². The average Bonchev–Trinajstić information content (AvgIpc) is 1.83. The van der Waals surface area contributed by atoms with Gasteiger partial charge in [0.1, 0.15) is 0 Å². The predicted octanol–water partition coefficient (Wildman–Crippen LogP) is 1.73. The summed E-state index contributed by atoms with van der Waals surface area (Å²) in [6, 6.07) is 0.414. The van der Waals surface area contributed by atoms with Crippen LogP contribution in [0.1, 0.15) is 32.6 Å². The highest BCUT2D eigenvalue weighted by Gasteiger charge is 1.94. The van der Waals surface area contributed by atoms with E-state index >= 15 is 0 Å². The third-order valence-electron chi connectivity index (χ3n) is 1.35. The van der Waals surface area contributed by atoms with Crippen LogP contribution in [0.25, 0.3) is 0 Å². The first-order valence-corrected chi connectivity index (χ1v) is 3.36. The first kappa shape index (κ1) is 7.96. The van der Waals surface area contributed by atoms with E-state index in [1.165, 1.54) is 6.42 Å². The summed E-state index contributed by atoms with van der Waals surface area (Å²) in [5.74, 6) is 0. The van der Waals surface area contributed by atoms with Gasteiger partial charge < -0.3 is 5.73 Å². The molecule has 2 N–H and O–H groups in total. The SMILES string of the molecule is [CH2]CCCC(N)CC. The lowest BCUT2D eigenvalue weighted by Crippen LogP contribution is -2.17. The van der Waals surface area contributed by atoms with E-state index in [2.05, 4.69) is 13.8 Å². The minimum Gasteiger partial charge on any atom is -0.328 e. The fourth-order valence-corrected chi connectivity index (χ4v) is 0.611. The molecule has 1 radical (unpaired) electrons. The maximum absolute atomic E-state index is 5.63. The minimum atomic E-state index is 0.414. The molecule has 1 nitrogen and oxygen atoms in total. The maximum Gasteiger partial charge on any atom is 0.00362 e. The van der Waals surface area contributed by atoms with Crippen LogP contribution < -0.4 is 5.73 Å². The van der Waals surface area contributed by atoms with Gasteiger partial charge in [0.25, 0.3) is 0 Å². The summed E-state index contributed by atoms with van der Waals surface area (Å²) in [5, 5.41) is 0. The van der Waals surface area contributed by atoms with Crippen LogP contribution in [-0.2, 0) is 0 Å². The Labute approximate surface area is 52.3 Å². The molecule has 0 aliphatic rings. The smallest absolute Gasteiger partial charge is 0.00362 e. The van der Waals surface area contributed by atoms with Crippen molar-refractivity contribution in [2.24, 2.45) is 5.73 Å².